The zero-order valence-corrected chi connectivity index (χ0v) is 10.9. The number of nitrogens with one attached hydrogen (secondary N) is 1. The first-order valence-corrected chi connectivity index (χ1v) is 6.49. The van der Waals surface area contributed by atoms with Gasteiger partial charge in [-0.05, 0) is 24.3 Å². The molecule has 0 unspecified atom stereocenters. The van der Waals surface area contributed by atoms with Gasteiger partial charge in [-0.3, -0.25) is 0 Å². The maximum absolute atomic E-state index is 12.1. The van der Waals surface area contributed by atoms with Gasteiger partial charge in [0.25, 0.3) is 0 Å². The number of pyridine rings is 2. The average molecular weight is 267 g/mol. The van der Waals surface area contributed by atoms with Crippen molar-refractivity contribution < 1.29 is 4.39 Å². The van der Waals surface area contributed by atoms with Crippen LogP contribution in [0.1, 0.15) is 0 Å². The number of alkyl halides is 1. The molecule has 0 aliphatic rings. The van der Waals surface area contributed by atoms with Crippen molar-refractivity contribution in [1.29, 1.82) is 0 Å². The highest BCUT2D eigenvalue weighted by Crippen LogP contribution is 2.21. The highest BCUT2D eigenvalue weighted by Gasteiger charge is 2.02. The van der Waals surface area contributed by atoms with Gasteiger partial charge >= 0.3 is 0 Å². The monoisotopic (exact) mass is 267 g/mol. The molecule has 0 saturated heterocycles. The van der Waals surface area contributed by atoms with E-state index in [0.29, 0.717) is 5.82 Å². The summed E-state index contributed by atoms with van der Waals surface area (Å²) in [4.78, 5) is 8.87. The zero-order chi connectivity index (χ0) is 13.8. The predicted octanol–water partition coefficient (Wildman–Crippen LogP) is 3.68. The van der Waals surface area contributed by atoms with Crippen molar-refractivity contribution >= 4 is 16.7 Å². The van der Waals surface area contributed by atoms with Gasteiger partial charge in [0.1, 0.15) is 12.5 Å². The molecule has 0 radical (unpaired) electrons. The Kier molecular flexibility index (Phi) is 3.54. The molecule has 2 aromatic heterocycles. The molecule has 0 spiro atoms. The molecule has 2 heterocycles. The summed E-state index contributed by atoms with van der Waals surface area (Å²) in [5, 5.41) is 4.01. The number of hydrogen-bond donors (Lipinski definition) is 1. The van der Waals surface area contributed by atoms with E-state index >= 15 is 0 Å². The summed E-state index contributed by atoms with van der Waals surface area (Å²) >= 11 is 0. The quantitative estimate of drug-likeness (QED) is 0.783. The van der Waals surface area contributed by atoms with Crippen LogP contribution in [0.25, 0.3) is 22.2 Å². The summed E-state index contributed by atoms with van der Waals surface area (Å²) in [7, 11) is 0. The third-order valence-electron chi connectivity index (χ3n) is 3.06. The number of fused-ring (bicyclic) bond motifs is 1. The minimum atomic E-state index is -0.407. The van der Waals surface area contributed by atoms with Crippen molar-refractivity contribution in [2.75, 3.05) is 18.5 Å². The Morgan fingerprint density at radius 3 is 2.70 bits per heavy atom. The van der Waals surface area contributed by atoms with Crippen LogP contribution in [-0.4, -0.2) is 23.2 Å². The molecule has 0 bridgehead atoms. The molecular formula is C16H14FN3. The van der Waals surface area contributed by atoms with Gasteiger partial charge in [0.05, 0.1) is 11.2 Å². The molecule has 3 nitrogen and oxygen atoms in total. The lowest BCUT2D eigenvalue weighted by Crippen LogP contribution is -2.04. The molecule has 0 aliphatic heterocycles. The second-order valence-corrected chi connectivity index (χ2v) is 4.44. The standard InChI is InChI=1S/C16H14FN3/c17-9-10-18-16-8-6-13(11-19-16)15-7-5-12-3-1-2-4-14(12)20-15/h1-8,11H,9-10H2,(H,18,19). The molecule has 0 fully saturated rings. The summed E-state index contributed by atoms with van der Waals surface area (Å²) in [5.41, 5.74) is 2.79. The first-order valence-electron chi connectivity index (χ1n) is 6.49. The van der Waals surface area contributed by atoms with E-state index in [1.165, 1.54) is 0 Å². The number of anilines is 1. The second-order valence-electron chi connectivity index (χ2n) is 4.44. The Morgan fingerprint density at radius 1 is 1.00 bits per heavy atom. The van der Waals surface area contributed by atoms with Crippen LogP contribution in [0.5, 0.6) is 0 Å². The lowest BCUT2D eigenvalue weighted by atomic mass is 10.1. The second kappa shape index (κ2) is 5.65. The third kappa shape index (κ3) is 2.59. The lowest BCUT2D eigenvalue weighted by molar-refractivity contribution is 0.512. The highest BCUT2D eigenvalue weighted by atomic mass is 19.1. The minimum Gasteiger partial charge on any atom is -0.367 e. The number of hydrogen-bond acceptors (Lipinski definition) is 3. The molecule has 20 heavy (non-hydrogen) atoms. The van der Waals surface area contributed by atoms with Gasteiger partial charge in [-0.1, -0.05) is 24.3 Å². The molecule has 1 aromatic carbocycles. The summed E-state index contributed by atoms with van der Waals surface area (Å²) in [6.45, 7) is -0.129. The van der Waals surface area contributed by atoms with E-state index in [9.17, 15) is 4.39 Å². The van der Waals surface area contributed by atoms with Crippen LogP contribution in [0, 0.1) is 0 Å². The van der Waals surface area contributed by atoms with E-state index in [4.69, 9.17) is 0 Å². The number of benzene rings is 1. The minimum absolute atomic E-state index is 0.278. The molecule has 0 saturated carbocycles. The topological polar surface area (TPSA) is 37.8 Å². The molecule has 100 valence electrons. The molecule has 0 atom stereocenters. The van der Waals surface area contributed by atoms with Gasteiger partial charge in [0, 0.05) is 23.7 Å². The fraction of sp³-hybridized carbons (Fsp3) is 0.125. The van der Waals surface area contributed by atoms with Gasteiger partial charge in [-0.15, -0.1) is 0 Å². The molecule has 0 amide bonds. The maximum atomic E-state index is 12.1. The zero-order valence-electron chi connectivity index (χ0n) is 10.9. The molecule has 4 heteroatoms. The SMILES string of the molecule is FCCNc1ccc(-c2ccc3ccccc3n2)cn1. The lowest BCUT2D eigenvalue weighted by Gasteiger charge is -2.05. The van der Waals surface area contributed by atoms with Crippen LogP contribution < -0.4 is 5.32 Å². The molecular weight excluding hydrogens is 253 g/mol. The normalized spacial score (nSPS) is 10.7. The maximum Gasteiger partial charge on any atom is 0.126 e. The number of aromatic nitrogens is 2. The number of halogens is 1. The van der Waals surface area contributed by atoms with Crippen molar-refractivity contribution in [3.05, 3.63) is 54.7 Å². The number of nitrogens with zero attached hydrogens (tertiary/aromatic N) is 2. The fourth-order valence-electron chi connectivity index (χ4n) is 2.05. The summed E-state index contributed by atoms with van der Waals surface area (Å²) in [6.07, 6.45) is 1.75. The predicted molar refractivity (Wildman–Crippen MR) is 79.4 cm³/mol. The number of para-hydroxylation sites is 1. The first kappa shape index (κ1) is 12.5. The van der Waals surface area contributed by atoms with Crippen LogP contribution >= 0.6 is 0 Å². The van der Waals surface area contributed by atoms with Crippen LogP contribution in [0.3, 0.4) is 0 Å². The van der Waals surface area contributed by atoms with E-state index < -0.39 is 6.67 Å². The van der Waals surface area contributed by atoms with Crippen molar-refractivity contribution in [2.24, 2.45) is 0 Å². The van der Waals surface area contributed by atoms with Crippen molar-refractivity contribution in [3.63, 3.8) is 0 Å². The van der Waals surface area contributed by atoms with Crippen molar-refractivity contribution in [2.45, 2.75) is 0 Å². The Labute approximate surface area is 116 Å². The van der Waals surface area contributed by atoms with E-state index in [1.807, 2.05) is 48.5 Å². The van der Waals surface area contributed by atoms with Crippen LogP contribution in [-0.2, 0) is 0 Å². The molecule has 3 rings (SSSR count). The smallest absolute Gasteiger partial charge is 0.126 e. The Bertz CT molecular complexity index is 710. The van der Waals surface area contributed by atoms with E-state index in [2.05, 4.69) is 15.3 Å². The van der Waals surface area contributed by atoms with Crippen molar-refractivity contribution in [1.82, 2.24) is 9.97 Å². The van der Waals surface area contributed by atoms with E-state index in [-0.39, 0.29) is 6.54 Å². The van der Waals surface area contributed by atoms with E-state index in [0.717, 1.165) is 22.2 Å². The van der Waals surface area contributed by atoms with Gasteiger partial charge in [0.15, 0.2) is 0 Å². The summed E-state index contributed by atoms with van der Waals surface area (Å²) < 4.78 is 12.1. The van der Waals surface area contributed by atoms with Gasteiger partial charge in [-0.25, -0.2) is 14.4 Å². The first-order chi connectivity index (χ1) is 9.86. The van der Waals surface area contributed by atoms with Crippen molar-refractivity contribution in [3.8, 4) is 11.3 Å². The highest BCUT2D eigenvalue weighted by molar-refractivity contribution is 5.81. The molecule has 1 N–H and O–H groups in total. The van der Waals surface area contributed by atoms with Gasteiger partial charge in [-0.2, -0.15) is 0 Å². The summed E-state index contributed by atoms with van der Waals surface area (Å²) in [6, 6.07) is 15.8. The third-order valence-corrected chi connectivity index (χ3v) is 3.06. The summed E-state index contributed by atoms with van der Waals surface area (Å²) in [5.74, 6) is 0.673. The average Bonchev–Trinajstić information content (AvgIpc) is 2.53. The Balaban J connectivity index is 1.90. The van der Waals surface area contributed by atoms with Gasteiger partial charge < -0.3 is 5.32 Å². The number of rotatable bonds is 4. The molecule has 3 aromatic rings. The molecule has 0 aliphatic carbocycles. The van der Waals surface area contributed by atoms with Crippen LogP contribution in [0.4, 0.5) is 10.2 Å². The van der Waals surface area contributed by atoms with Crippen LogP contribution in [0.15, 0.2) is 54.7 Å². The Morgan fingerprint density at radius 2 is 1.90 bits per heavy atom. The largest absolute Gasteiger partial charge is 0.367 e. The Hall–Kier alpha value is -2.49. The van der Waals surface area contributed by atoms with E-state index in [1.54, 1.807) is 6.20 Å². The fourth-order valence-corrected chi connectivity index (χ4v) is 2.05. The van der Waals surface area contributed by atoms with Gasteiger partial charge in [0.2, 0.25) is 0 Å². The van der Waals surface area contributed by atoms with Crippen LogP contribution in [0.2, 0.25) is 0 Å².